The van der Waals surface area contributed by atoms with Crippen LogP contribution in [0.5, 0.6) is 0 Å². The number of benzene rings is 2. The minimum Gasteiger partial charge on any atom is -0.333 e. The number of H-pyrrole nitrogens is 1. The third-order valence-corrected chi connectivity index (χ3v) is 4.11. The van der Waals surface area contributed by atoms with Crippen LogP contribution in [0, 0.1) is 0 Å². The molecule has 6 heteroatoms. The van der Waals surface area contributed by atoms with Crippen molar-refractivity contribution in [1.29, 1.82) is 0 Å². The average molecular weight is 325 g/mol. The van der Waals surface area contributed by atoms with Crippen LogP contribution in [-0.4, -0.2) is 27.4 Å². The van der Waals surface area contributed by atoms with Gasteiger partial charge in [0.05, 0.1) is 16.8 Å². The molecule has 3 rings (SSSR count). The van der Waals surface area contributed by atoms with E-state index in [2.05, 4.69) is 15.3 Å². The molecule has 0 saturated heterocycles. The molecule has 0 spiro atoms. The SMILES string of the molecule is CC(=O)Nc1ccc(C(=O)CSc2nc3ccccc3[nH]2)cc1. The zero-order valence-corrected chi connectivity index (χ0v) is 13.3. The van der Waals surface area contributed by atoms with Crippen LogP contribution in [0.1, 0.15) is 17.3 Å². The molecule has 0 fully saturated rings. The second-order valence-corrected chi connectivity index (χ2v) is 5.99. The Kier molecular flexibility index (Phi) is 4.43. The summed E-state index contributed by atoms with van der Waals surface area (Å²) in [4.78, 5) is 30.8. The average Bonchev–Trinajstić information content (AvgIpc) is 2.95. The molecule has 0 atom stereocenters. The van der Waals surface area contributed by atoms with E-state index in [9.17, 15) is 9.59 Å². The van der Waals surface area contributed by atoms with E-state index in [4.69, 9.17) is 0 Å². The van der Waals surface area contributed by atoms with Gasteiger partial charge < -0.3 is 10.3 Å². The Morgan fingerprint density at radius 1 is 1.13 bits per heavy atom. The lowest BCUT2D eigenvalue weighted by molar-refractivity contribution is -0.114. The Hall–Kier alpha value is -2.60. The van der Waals surface area contributed by atoms with Crippen LogP contribution in [0.4, 0.5) is 5.69 Å². The van der Waals surface area contributed by atoms with E-state index < -0.39 is 0 Å². The van der Waals surface area contributed by atoms with Crippen LogP contribution in [0.2, 0.25) is 0 Å². The molecule has 1 aromatic heterocycles. The Labute approximate surface area is 137 Å². The Bertz CT molecular complexity index is 823. The summed E-state index contributed by atoms with van der Waals surface area (Å²) in [7, 11) is 0. The number of Topliss-reactive ketones (excluding diaryl/α,β-unsaturated/α-hetero) is 1. The molecule has 0 saturated carbocycles. The third kappa shape index (κ3) is 3.78. The minimum absolute atomic E-state index is 0.0184. The number of carbonyl (C=O) groups is 2. The molecule has 2 aromatic carbocycles. The molecule has 0 aliphatic rings. The number of nitrogens with zero attached hydrogens (tertiary/aromatic N) is 1. The standard InChI is InChI=1S/C17H15N3O2S/c1-11(21)18-13-8-6-12(7-9-13)16(22)10-23-17-19-14-4-2-3-5-15(14)20-17/h2-9H,10H2,1H3,(H,18,21)(H,19,20). The van der Waals surface area contributed by atoms with Crippen molar-refractivity contribution in [3.8, 4) is 0 Å². The quantitative estimate of drug-likeness (QED) is 0.556. The summed E-state index contributed by atoms with van der Waals surface area (Å²) in [6.45, 7) is 1.45. The smallest absolute Gasteiger partial charge is 0.221 e. The molecule has 23 heavy (non-hydrogen) atoms. The molecule has 1 heterocycles. The van der Waals surface area contributed by atoms with E-state index >= 15 is 0 Å². The number of hydrogen-bond donors (Lipinski definition) is 2. The van der Waals surface area contributed by atoms with Gasteiger partial charge in [-0.1, -0.05) is 23.9 Å². The number of rotatable bonds is 5. The van der Waals surface area contributed by atoms with Crippen molar-refractivity contribution < 1.29 is 9.59 Å². The maximum atomic E-state index is 12.2. The van der Waals surface area contributed by atoms with E-state index in [0.717, 1.165) is 16.2 Å². The summed E-state index contributed by atoms with van der Waals surface area (Å²) in [6, 6.07) is 14.6. The first-order valence-electron chi connectivity index (χ1n) is 7.10. The zero-order chi connectivity index (χ0) is 16.2. The monoisotopic (exact) mass is 325 g/mol. The van der Waals surface area contributed by atoms with E-state index in [1.165, 1.54) is 18.7 Å². The lowest BCUT2D eigenvalue weighted by Gasteiger charge is -2.03. The Morgan fingerprint density at radius 2 is 1.87 bits per heavy atom. The maximum absolute atomic E-state index is 12.2. The highest BCUT2D eigenvalue weighted by atomic mass is 32.2. The summed E-state index contributed by atoms with van der Waals surface area (Å²) >= 11 is 1.38. The first kappa shape index (κ1) is 15.3. The summed E-state index contributed by atoms with van der Waals surface area (Å²) in [6.07, 6.45) is 0. The second kappa shape index (κ2) is 6.66. The van der Waals surface area contributed by atoms with Gasteiger partial charge in [-0.15, -0.1) is 0 Å². The number of amides is 1. The number of nitrogens with one attached hydrogen (secondary N) is 2. The van der Waals surface area contributed by atoms with Gasteiger partial charge in [0.2, 0.25) is 5.91 Å². The second-order valence-electron chi connectivity index (χ2n) is 5.03. The van der Waals surface area contributed by atoms with Gasteiger partial charge in [-0.05, 0) is 36.4 Å². The number of fused-ring (bicyclic) bond motifs is 1. The Morgan fingerprint density at radius 3 is 2.57 bits per heavy atom. The van der Waals surface area contributed by atoms with E-state index in [0.29, 0.717) is 17.0 Å². The van der Waals surface area contributed by atoms with Gasteiger partial charge in [0.25, 0.3) is 0 Å². The molecule has 3 aromatic rings. The van der Waals surface area contributed by atoms with Gasteiger partial charge in [-0.3, -0.25) is 9.59 Å². The minimum atomic E-state index is -0.135. The number of imidazole rings is 1. The highest BCUT2D eigenvalue weighted by molar-refractivity contribution is 7.99. The third-order valence-electron chi connectivity index (χ3n) is 3.23. The number of anilines is 1. The van der Waals surface area contributed by atoms with Crippen LogP contribution in [-0.2, 0) is 4.79 Å². The number of carbonyl (C=O) groups excluding carboxylic acids is 2. The Balaban J connectivity index is 1.63. The van der Waals surface area contributed by atoms with Crippen molar-refractivity contribution in [2.24, 2.45) is 0 Å². The first-order chi connectivity index (χ1) is 11.1. The highest BCUT2D eigenvalue weighted by Gasteiger charge is 2.09. The van der Waals surface area contributed by atoms with Gasteiger partial charge >= 0.3 is 0 Å². The van der Waals surface area contributed by atoms with Gasteiger partial charge in [-0.2, -0.15) is 0 Å². The molecule has 1 amide bonds. The molecular formula is C17H15N3O2S. The number of aromatic amines is 1. The largest absolute Gasteiger partial charge is 0.333 e. The fourth-order valence-electron chi connectivity index (χ4n) is 2.16. The number of aromatic nitrogens is 2. The van der Waals surface area contributed by atoms with Crippen LogP contribution >= 0.6 is 11.8 Å². The van der Waals surface area contributed by atoms with Crippen molar-refractivity contribution in [1.82, 2.24) is 9.97 Å². The first-order valence-corrected chi connectivity index (χ1v) is 8.09. The molecule has 0 unspecified atom stereocenters. The molecule has 5 nitrogen and oxygen atoms in total. The summed E-state index contributed by atoms with van der Waals surface area (Å²) in [5, 5.41) is 3.40. The molecule has 0 aliphatic carbocycles. The topological polar surface area (TPSA) is 74.8 Å². The normalized spacial score (nSPS) is 10.7. The number of ketones is 1. The maximum Gasteiger partial charge on any atom is 0.221 e. The lowest BCUT2D eigenvalue weighted by Crippen LogP contribution is -2.07. The molecule has 2 N–H and O–H groups in total. The van der Waals surface area contributed by atoms with E-state index in [1.807, 2.05) is 24.3 Å². The number of hydrogen-bond acceptors (Lipinski definition) is 4. The number of para-hydroxylation sites is 2. The molecule has 116 valence electrons. The fourth-order valence-corrected chi connectivity index (χ4v) is 2.94. The zero-order valence-electron chi connectivity index (χ0n) is 12.5. The van der Waals surface area contributed by atoms with Crippen LogP contribution < -0.4 is 5.32 Å². The van der Waals surface area contributed by atoms with Crippen molar-refractivity contribution >= 4 is 40.2 Å². The van der Waals surface area contributed by atoms with Crippen molar-refractivity contribution in [3.63, 3.8) is 0 Å². The summed E-state index contributed by atoms with van der Waals surface area (Å²) < 4.78 is 0. The molecule has 0 aliphatic heterocycles. The predicted octanol–water partition coefficient (Wildman–Crippen LogP) is 3.50. The predicted molar refractivity (Wildman–Crippen MR) is 91.9 cm³/mol. The van der Waals surface area contributed by atoms with Crippen molar-refractivity contribution in [2.45, 2.75) is 12.1 Å². The summed E-state index contributed by atoms with van der Waals surface area (Å²) in [5.74, 6) is 0.189. The molecule has 0 radical (unpaired) electrons. The molecule has 0 bridgehead atoms. The fraction of sp³-hybridized carbons (Fsp3) is 0.118. The van der Waals surface area contributed by atoms with Crippen LogP contribution in [0.15, 0.2) is 53.7 Å². The van der Waals surface area contributed by atoms with Gasteiger partial charge in [0.1, 0.15) is 0 Å². The van der Waals surface area contributed by atoms with E-state index in [1.54, 1.807) is 24.3 Å². The van der Waals surface area contributed by atoms with Gasteiger partial charge in [0, 0.05) is 18.2 Å². The summed E-state index contributed by atoms with van der Waals surface area (Å²) in [5.41, 5.74) is 3.14. The number of thioether (sulfide) groups is 1. The highest BCUT2D eigenvalue weighted by Crippen LogP contribution is 2.20. The van der Waals surface area contributed by atoms with Crippen molar-refractivity contribution in [3.05, 3.63) is 54.1 Å². The van der Waals surface area contributed by atoms with Crippen molar-refractivity contribution in [2.75, 3.05) is 11.1 Å². The van der Waals surface area contributed by atoms with Gasteiger partial charge in [-0.25, -0.2) is 4.98 Å². The van der Waals surface area contributed by atoms with E-state index in [-0.39, 0.29) is 11.7 Å². The van der Waals surface area contributed by atoms with Crippen LogP contribution in [0.3, 0.4) is 0 Å². The van der Waals surface area contributed by atoms with Gasteiger partial charge in [0.15, 0.2) is 10.9 Å². The molecular weight excluding hydrogens is 310 g/mol. The van der Waals surface area contributed by atoms with Crippen LogP contribution in [0.25, 0.3) is 11.0 Å². The lowest BCUT2D eigenvalue weighted by atomic mass is 10.1.